The molecule has 1 aliphatic carbocycles. The van der Waals surface area contributed by atoms with Crippen molar-refractivity contribution < 1.29 is 9.53 Å². The van der Waals surface area contributed by atoms with E-state index in [4.69, 9.17) is 4.74 Å². The first kappa shape index (κ1) is 17.7. The molecule has 0 aromatic carbocycles. The van der Waals surface area contributed by atoms with E-state index in [-0.39, 0.29) is 17.5 Å². The predicted molar refractivity (Wildman–Crippen MR) is 91.4 cm³/mol. The molecule has 0 bridgehead atoms. The Kier molecular flexibility index (Phi) is 5.43. The monoisotopic (exact) mass is 334 g/mol. The number of nitrogens with zero attached hydrogens (tertiary/aromatic N) is 4. The molecule has 134 valence electrons. The van der Waals surface area contributed by atoms with Crippen molar-refractivity contribution in [3.63, 3.8) is 0 Å². The van der Waals surface area contributed by atoms with Gasteiger partial charge in [0.2, 0.25) is 5.91 Å². The number of nitriles is 1. The summed E-state index contributed by atoms with van der Waals surface area (Å²) in [6.45, 7) is 10.2. The Morgan fingerprint density at radius 1 is 1.21 bits per heavy atom. The molecule has 1 atom stereocenters. The molecule has 6 nitrogen and oxygen atoms in total. The Bertz CT molecular complexity index is 490. The van der Waals surface area contributed by atoms with Gasteiger partial charge in [-0.3, -0.25) is 14.6 Å². The lowest BCUT2D eigenvalue weighted by molar-refractivity contribution is -0.146. The second-order valence-corrected chi connectivity index (χ2v) is 7.79. The quantitative estimate of drug-likeness (QED) is 0.766. The Hall–Kier alpha value is -1.16. The zero-order valence-electron chi connectivity index (χ0n) is 15.0. The van der Waals surface area contributed by atoms with E-state index in [0.717, 1.165) is 58.8 Å². The molecule has 0 aromatic rings. The van der Waals surface area contributed by atoms with Crippen molar-refractivity contribution in [2.45, 2.75) is 44.7 Å². The molecule has 6 heteroatoms. The Morgan fingerprint density at radius 2 is 1.92 bits per heavy atom. The highest BCUT2D eigenvalue weighted by Gasteiger charge is 2.45. The van der Waals surface area contributed by atoms with Gasteiger partial charge in [0.25, 0.3) is 0 Å². The highest BCUT2D eigenvalue weighted by Crippen LogP contribution is 2.39. The predicted octanol–water partition coefficient (Wildman–Crippen LogP) is 0.934. The summed E-state index contributed by atoms with van der Waals surface area (Å²) in [6, 6.07) is 2.37. The van der Waals surface area contributed by atoms with Gasteiger partial charge in [0.15, 0.2) is 0 Å². The van der Waals surface area contributed by atoms with Gasteiger partial charge in [-0.05, 0) is 25.2 Å². The number of ether oxygens (including phenoxy) is 1. The average molecular weight is 334 g/mol. The SMILES string of the molecule is CC(C)[C@H](C#N)N1CCN(C(=O)CN2CCOCC23CCC3)CC1. The maximum absolute atomic E-state index is 12.7. The summed E-state index contributed by atoms with van der Waals surface area (Å²) in [5.41, 5.74) is 0.138. The van der Waals surface area contributed by atoms with Gasteiger partial charge < -0.3 is 9.64 Å². The second-order valence-electron chi connectivity index (χ2n) is 7.79. The molecule has 24 heavy (non-hydrogen) atoms. The molecule has 0 N–H and O–H groups in total. The van der Waals surface area contributed by atoms with Gasteiger partial charge in [0.05, 0.1) is 25.8 Å². The summed E-state index contributed by atoms with van der Waals surface area (Å²) < 4.78 is 5.66. The van der Waals surface area contributed by atoms with E-state index in [1.54, 1.807) is 0 Å². The first-order valence-corrected chi connectivity index (χ1v) is 9.30. The van der Waals surface area contributed by atoms with Crippen molar-refractivity contribution >= 4 is 5.91 Å². The van der Waals surface area contributed by atoms with Crippen molar-refractivity contribution in [2.24, 2.45) is 5.92 Å². The van der Waals surface area contributed by atoms with Gasteiger partial charge in [-0.15, -0.1) is 0 Å². The highest BCUT2D eigenvalue weighted by atomic mass is 16.5. The van der Waals surface area contributed by atoms with E-state index >= 15 is 0 Å². The van der Waals surface area contributed by atoms with E-state index < -0.39 is 0 Å². The van der Waals surface area contributed by atoms with Crippen LogP contribution in [0, 0.1) is 17.2 Å². The first-order valence-electron chi connectivity index (χ1n) is 9.30. The summed E-state index contributed by atoms with van der Waals surface area (Å²) in [4.78, 5) is 19.3. The van der Waals surface area contributed by atoms with Crippen LogP contribution >= 0.6 is 0 Å². The second kappa shape index (κ2) is 7.38. The standard InChI is InChI=1S/C18H30N4O2/c1-15(2)16(12-19)20-6-8-21(9-7-20)17(23)13-22-10-11-24-14-18(22)4-3-5-18/h15-16H,3-11,13-14H2,1-2H3/t16-/m0/s1. The molecule has 3 fully saturated rings. The van der Waals surface area contributed by atoms with Crippen molar-refractivity contribution in [1.82, 2.24) is 14.7 Å². The molecule has 2 heterocycles. The van der Waals surface area contributed by atoms with Crippen LogP contribution in [-0.4, -0.2) is 84.7 Å². The van der Waals surface area contributed by atoms with Crippen molar-refractivity contribution in [3.8, 4) is 6.07 Å². The molecule has 1 amide bonds. The number of amides is 1. The van der Waals surface area contributed by atoms with Crippen LogP contribution in [-0.2, 0) is 9.53 Å². The maximum Gasteiger partial charge on any atom is 0.236 e. The third-order valence-electron chi connectivity index (χ3n) is 5.98. The van der Waals surface area contributed by atoms with Gasteiger partial charge in [0.1, 0.15) is 6.04 Å². The molecule has 0 unspecified atom stereocenters. The van der Waals surface area contributed by atoms with Crippen LogP contribution in [0.1, 0.15) is 33.1 Å². The fraction of sp³-hybridized carbons (Fsp3) is 0.889. The fourth-order valence-electron chi connectivity index (χ4n) is 4.22. The first-order chi connectivity index (χ1) is 11.6. The molecule has 0 aromatic heterocycles. The number of hydrogen-bond donors (Lipinski definition) is 0. The lowest BCUT2D eigenvalue weighted by Crippen LogP contribution is -2.63. The van der Waals surface area contributed by atoms with E-state index in [2.05, 4.69) is 29.7 Å². The van der Waals surface area contributed by atoms with Crippen molar-refractivity contribution in [2.75, 3.05) is 52.5 Å². The van der Waals surface area contributed by atoms with Gasteiger partial charge in [-0.1, -0.05) is 13.8 Å². The minimum Gasteiger partial charge on any atom is -0.378 e. The summed E-state index contributed by atoms with van der Waals surface area (Å²) in [7, 11) is 0. The third-order valence-corrected chi connectivity index (χ3v) is 5.98. The van der Waals surface area contributed by atoms with Crippen molar-refractivity contribution in [3.05, 3.63) is 0 Å². The smallest absolute Gasteiger partial charge is 0.236 e. The van der Waals surface area contributed by atoms with Gasteiger partial charge in [0, 0.05) is 38.3 Å². The molecule has 2 saturated heterocycles. The summed E-state index contributed by atoms with van der Waals surface area (Å²) in [5.74, 6) is 0.560. The van der Waals surface area contributed by atoms with Crippen LogP contribution in [0.4, 0.5) is 0 Å². The maximum atomic E-state index is 12.7. The van der Waals surface area contributed by atoms with Crippen molar-refractivity contribution in [1.29, 1.82) is 5.26 Å². The highest BCUT2D eigenvalue weighted by molar-refractivity contribution is 5.78. The van der Waals surface area contributed by atoms with Crippen LogP contribution < -0.4 is 0 Å². The topological polar surface area (TPSA) is 59.8 Å². The number of piperazine rings is 1. The van der Waals surface area contributed by atoms with Gasteiger partial charge in [-0.25, -0.2) is 0 Å². The average Bonchev–Trinajstić information content (AvgIpc) is 2.55. The fourth-order valence-corrected chi connectivity index (χ4v) is 4.22. The molecule has 1 spiro atoms. The van der Waals surface area contributed by atoms with Crippen LogP contribution in [0.25, 0.3) is 0 Å². The molecule has 0 radical (unpaired) electrons. The van der Waals surface area contributed by atoms with Gasteiger partial charge in [-0.2, -0.15) is 5.26 Å². The third kappa shape index (κ3) is 3.44. The summed E-state index contributed by atoms with van der Waals surface area (Å²) in [5, 5.41) is 9.34. The van der Waals surface area contributed by atoms with Crippen LogP contribution in [0.2, 0.25) is 0 Å². The number of rotatable bonds is 4. The lowest BCUT2D eigenvalue weighted by Gasteiger charge is -2.52. The van der Waals surface area contributed by atoms with Crippen LogP contribution in [0.3, 0.4) is 0 Å². The number of hydrogen-bond acceptors (Lipinski definition) is 5. The zero-order chi connectivity index (χ0) is 17.2. The molecule has 3 rings (SSSR count). The van der Waals surface area contributed by atoms with Crippen LogP contribution in [0.15, 0.2) is 0 Å². The van der Waals surface area contributed by atoms with Crippen LogP contribution in [0.5, 0.6) is 0 Å². The largest absolute Gasteiger partial charge is 0.378 e. The van der Waals surface area contributed by atoms with E-state index in [1.807, 2.05) is 4.90 Å². The summed E-state index contributed by atoms with van der Waals surface area (Å²) >= 11 is 0. The molecule has 2 aliphatic heterocycles. The summed E-state index contributed by atoms with van der Waals surface area (Å²) in [6.07, 6.45) is 3.57. The van der Waals surface area contributed by atoms with E-state index in [1.165, 1.54) is 6.42 Å². The Labute approximate surface area is 145 Å². The number of morpholine rings is 1. The Morgan fingerprint density at radius 3 is 2.46 bits per heavy atom. The molecular formula is C18H30N4O2. The minimum absolute atomic E-state index is 0.0419. The number of carbonyl (C=O) groups excluding carboxylic acids is 1. The minimum atomic E-state index is -0.0419. The van der Waals surface area contributed by atoms with E-state index in [9.17, 15) is 10.1 Å². The number of carbonyl (C=O) groups is 1. The Balaban J connectivity index is 1.51. The molecule has 3 aliphatic rings. The lowest BCUT2D eigenvalue weighted by atomic mass is 9.75. The zero-order valence-corrected chi connectivity index (χ0v) is 15.0. The normalized spacial score (nSPS) is 26.2. The van der Waals surface area contributed by atoms with Gasteiger partial charge >= 0.3 is 0 Å². The molecular weight excluding hydrogens is 304 g/mol. The molecule has 1 saturated carbocycles. The van der Waals surface area contributed by atoms with E-state index in [0.29, 0.717) is 12.5 Å².